The zero-order chi connectivity index (χ0) is 7.94. The van der Waals surface area contributed by atoms with Gasteiger partial charge in [-0.05, 0) is 0 Å². The van der Waals surface area contributed by atoms with E-state index in [0.29, 0.717) is 0 Å². The molecular formula is C10H14FeNP. The van der Waals surface area contributed by atoms with E-state index in [1.54, 1.807) is 0 Å². The first-order chi connectivity index (χ1) is 5.39. The van der Waals surface area contributed by atoms with Gasteiger partial charge in [0.1, 0.15) is 0 Å². The summed E-state index contributed by atoms with van der Waals surface area (Å²) in [5, 5.41) is 1.26. The van der Waals surface area contributed by atoms with E-state index >= 15 is 0 Å². The molecule has 3 N–H and O–H groups in total. The molecule has 0 aliphatic heterocycles. The predicted molar refractivity (Wildman–Crippen MR) is 58.4 cm³/mol. The van der Waals surface area contributed by atoms with Gasteiger partial charge in [-0.2, -0.15) is 30.3 Å². The minimum atomic E-state index is 0. The third-order valence-electron chi connectivity index (χ3n) is 1.24. The minimum Gasteiger partial charge on any atom is -0.344 e. The van der Waals surface area contributed by atoms with Crippen molar-refractivity contribution in [2.75, 3.05) is 0 Å². The molecule has 3 heteroatoms. The average molecular weight is 235 g/mol. The fraction of sp³-hybridized carbons (Fsp3) is 0. The first-order valence-electron chi connectivity index (χ1n) is 3.53. The second kappa shape index (κ2) is 9.70. The van der Waals surface area contributed by atoms with E-state index in [4.69, 9.17) is 0 Å². The van der Waals surface area contributed by atoms with Gasteiger partial charge in [0.15, 0.2) is 0 Å². The Hall–Kier alpha value is -0.391. The Bertz CT molecular complexity index is 233. The maximum Gasteiger partial charge on any atom is 2.00 e. The molecule has 0 fully saturated rings. The van der Waals surface area contributed by atoms with Crippen LogP contribution in [0.4, 0.5) is 0 Å². The molecule has 0 saturated heterocycles. The largest absolute Gasteiger partial charge is 2.00 e. The molecule has 0 radical (unpaired) electrons. The van der Waals surface area contributed by atoms with E-state index in [0.717, 1.165) is 0 Å². The van der Waals surface area contributed by atoms with Gasteiger partial charge in [-0.25, -0.2) is 24.3 Å². The third-order valence-corrected chi connectivity index (χ3v) is 1.63. The summed E-state index contributed by atoms with van der Waals surface area (Å²) in [6, 6.07) is 18.1. The van der Waals surface area contributed by atoms with Gasteiger partial charge in [0.05, 0.1) is 0 Å². The van der Waals surface area contributed by atoms with E-state index in [9.17, 15) is 0 Å². The van der Waals surface area contributed by atoms with E-state index in [2.05, 4.69) is 9.24 Å². The summed E-state index contributed by atoms with van der Waals surface area (Å²) in [5.41, 5.74) is 0. The third kappa shape index (κ3) is 7.95. The van der Waals surface area contributed by atoms with Crippen LogP contribution in [0.1, 0.15) is 0 Å². The van der Waals surface area contributed by atoms with Crippen LogP contribution in [0.5, 0.6) is 0 Å². The van der Waals surface area contributed by atoms with Crippen LogP contribution in [-0.2, 0) is 17.1 Å². The standard InChI is InChI=1S/C5H6P.C5H5.Fe.H3N/c6-5-3-1-2-4-5;1-2-4-5-3-1;;/h1-4H,6H2;1-5H;;1H3/q2*-1;+2;. The molecular weight excluding hydrogens is 221 g/mol. The zero-order valence-corrected chi connectivity index (χ0v) is 9.59. The van der Waals surface area contributed by atoms with Crippen molar-refractivity contribution in [3.63, 3.8) is 0 Å². The predicted octanol–water partition coefficient (Wildman–Crippen LogP) is 2.47. The van der Waals surface area contributed by atoms with E-state index in [1.165, 1.54) is 5.30 Å². The fourth-order valence-electron chi connectivity index (χ4n) is 0.710. The molecule has 1 atom stereocenters. The first kappa shape index (κ1) is 15.1. The Labute approximate surface area is 92.5 Å². The van der Waals surface area contributed by atoms with E-state index in [1.807, 2.05) is 54.6 Å². The van der Waals surface area contributed by atoms with Gasteiger partial charge in [-0.1, -0.05) is 0 Å². The van der Waals surface area contributed by atoms with Crippen LogP contribution in [0, 0.1) is 0 Å². The Morgan fingerprint density at radius 1 is 1.00 bits per heavy atom. The quantitative estimate of drug-likeness (QED) is 0.425. The summed E-state index contributed by atoms with van der Waals surface area (Å²) in [6.45, 7) is 0. The van der Waals surface area contributed by atoms with Crippen molar-refractivity contribution in [3.8, 4) is 0 Å². The molecule has 0 saturated carbocycles. The molecule has 0 amide bonds. The normalized spacial score (nSPS) is 7.15. The van der Waals surface area contributed by atoms with Crippen LogP contribution >= 0.6 is 9.24 Å². The summed E-state index contributed by atoms with van der Waals surface area (Å²) in [6.07, 6.45) is 0. The summed E-state index contributed by atoms with van der Waals surface area (Å²) in [4.78, 5) is 0. The van der Waals surface area contributed by atoms with Gasteiger partial charge in [-0.3, -0.25) is 0 Å². The maximum atomic E-state index is 2.62. The smallest absolute Gasteiger partial charge is 0.344 e. The molecule has 0 spiro atoms. The van der Waals surface area contributed by atoms with Crippen LogP contribution in [0.25, 0.3) is 0 Å². The Morgan fingerprint density at radius 2 is 1.62 bits per heavy atom. The topological polar surface area (TPSA) is 35.0 Å². The molecule has 2 rings (SSSR count). The molecule has 0 aromatic heterocycles. The van der Waals surface area contributed by atoms with Crippen molar-refractivity contribution >= 4 is 14.5 Å². The van der Waals surface area contributed by atoms with Crippen molar-refractivity contribution in [2.24, 2.45) is 0 Å². The van der Waals surface area contributed by atoms with Gasteiger partial charge >= 0.3 is 17.1 Å². The van der Waals surface area contributed by atoms with Crippen molar-refractivity contribution in [1.82, 2.24) is 6.15 Å². The molecule has 0 aliphatic rings. The molecule has 13 heavy (non-hydrogen) atoms. The van der Waals surface area contributed by atoms with Gasteiger partial charge in [0.2, 0.25) is 0 Å². The molecule has 1 nitrogen and oxygen atoms in total. The molecule has 72 valence electrons. The Balaban J connectivity index is 0. The molecule has 2 aromatic rings. The summed E-state index contributed by atoms with van der Waals surface area (Å²) < 4.78 is 0. The second-order valence-electron chi connectivity index (χ2n) is 2.18. The van der Waals surface area contributed by atoms with Crippen LogP contribution in [0.3, 0.4) is 0 Å². The average Bonchev–Trinajstić information content (AvgIpc) is 2.57. The molecule has 1 unspecified atom stereocenters. The van der Waals surface area contributed by atoms with Gasteiger partial charge in [0.25, 0.3) is 0 Å². The minimum absolute atomic E-state index is 0. The van der Waals surface area contributed by atoms with Crippen LogP contribution < -0.4 is 11.5 Å². The molecule has 0 heterocycles. The van der Waals surface area contributed by atoms with Crippen molar-refractivity contribution in [2.45, 2.75) is 0 Å². The summed E-state index contributed by atoms with van der Waals surface area (Å²) in [5.74, 6) is 0. The van der Waals surface area contributed by atoms with Crippen LogP contribution in [-0.4, -0.2) is 0 Å². The van der Waals surface area contributed by atoms with Gasteiger partial charge in [-0.15, -0.1) is 14.5 Å². The zero-order valence-electron chi connectivity index (χ0n) is 7.33. The monoisotopic (exact) mass is 235 g/mol. The summed E-state index contributed by atoms with van der Waals surface area (Å²) in [7, 11) is 2.62. The Kier molecular flexibility index (Phi) is 11.3. The second-order valence-corrected chi connectivity index (χ2v) is 2.85. The fourth-order valence-corrected chi connectivity index (χ4v) is 0.932. The maximum absolute atomic E-state index is 2.62. The van der Waals surface area contributed by atoms with Crippen molar-refractivity contribution in [1.29, 1.82) is 0 Å². The Morgan fingerprint density at radius 3 is 1.77 bits per heavy atom. The van der Waals surface area contributed by atoms with Crippen LogP contribution in [0.2, 0.25) is 0 Å². The number of rotatable bonds is 0. The van der Waals surface area contributed by atoms with Crippen molar-refractivity contribution < 1.29 is 17.1 Å². The van der Waals surface area contributed by atoms with E-state index < -0.39 is 0 Å². The molecule has 2 aromatic carbocycles. The molecule has 0 aliphatic carbocycles. The van der Waals surface area contributed by atoms with Crippen molar-refractivity contribution in [3.05, 3.63) is 54.6 Å². The SMILES string of the molecule is N.Pc1ccc[cH-]1.[Fe+2].c1cc[cH-]c1. The number of hydrogen-bond donors (Lipinski definition) is 1. The number of hydrogen-bond acceptors (Lipinski definition) is 1. The first-order valence-corrected chi connectivity index (χ1v) is 4.11. The van der Waals surface area contributed by atoms with Gasteiger partial charge < -0.3 is 6.15 Å². The van der Waals surface area contributed by atoms with Gasteiger partial charge in [0, 0.05) is 0 Å². The summed E-state index contributed by atoms with van der Waals surface area (Å²) >= 11 is 0. The van der Waals surface area contributed by atoms with E-state index in [-0.39, 0.29) is 23.2 Å². The van der Waals surface area contributed by atoms with Crippen LogP contribution in [0.15, 0.2) is 54.6 Å². The molecule has 0 bridgehead atoms.